The second-order valence-corrected chi connectivity index (χ2v) is 7.11. The number of nitrogens with zero attached hydrogens (tertiary/aromatic N) is 4. The number of nitrogens with one attached hydrogen (secondary N) is 1. The van der Waals surface area contributed by atoms with Crippen LogP contribution in [0.15, 0.2) is 97.5 Å². The van der Waals surface area contributed by atoms with Gasteiger partial charge in [-0.25, -0.2) is 14.6 Å². The molecule has 0 aliphatic carbocycles. The van der Waals surface area contributed by atoms with Gasteiger partial charge in [0.2, 0.25) is 5.88 Å². The molecule has 0 spiro atoms. The highest BCUT2D eigenvalue weighted by Gasteiger charge is 2.14. The van der Waals surface area contributed by atoms with Gasteiger partial charge in [0.1, 0.15) is 17.5 Å². The molecule has 0 fully saturated rings. The van der Waals surface area contributed by atoms with E-state index in [0.29, 0.717) is 34.8 Å². The number of aromatic nitrogens is 4. The minimum Gasteiger partial charge on any atom is -0.438 e. The monoisotopic (exact) mass is 421 g/mol. The molecule has 3 aromatic carbocycles. The van der Waals surface area contributed by atoms with Crippen molar-refractivity contribution in [3.63, 3.8) is 0 Å². The van der Waals surface area contributed by atoms with Gasteiger partial charge in [-0.05, 0) is 35.9 Å². The largest absolute Gasteiger partial charge is 0.438 e. The highest BCUT2D eigenvalue weighted by molar-refractivity contribution is 5.94. The first-order valence-electron chi connectivity index (χ1n) is 10.1. The molecule has 0 bridgehead atoms. The summed E-state index contributed by atoms with van der Waals surface area (Å²) in [6, 6.07) is 26.5. The third-order valence-electron chi connectivity index (χ3n) is 4.94. The summed E-state index contributed by atoms with van der Waals surface area (Å²) in [5.74, 6) is 0.702. The van der Waals surface area contributed by atoms with Crippen molar-refractivity contribution < 1.29 is 9.53 Å². The second kappa shape index (κ2) is 8.69. The third kappa shape index (κ3) is 4.04. The highest BCUT2D eigenvalue weighted by atomic mass is 16.5. The lowest BCUT2D eigenvalue weighted by Crippen LogP contribution is -2.22. The Morgan fingerprint density at radius 1 is 0.906 bits per heavy atom. The van der Waals surface area contributed by atoms with Crippen molar-refractivity contribution in [2.75, 3.05) is 0 Å². The zero-order valence-corrected chi connectivity index (χ0v) is 17.1. The zero-order chi connectivity index (χ0) is 21.8. The van der Waals surface area contributed by atoms with Crippen LogP contribution in [0.1, 0.15) is 15.9 Å². The number of hydrogen-bond acceptors (Lipinski definition) is 5. The summed E-state index contributed by atoms with van der Waals surface area (Å²) in [7, 11) is 0. The molecular weight excluding hydrogens is 402 g/mol. The highest BCUT2D eigenvalue weighted by Crippen LogP contribution is 2.28. The van der Waals surface area contributed by atoms with Gasteiger partial charge >= 0.3 is 0 Å². The molecule has 1 N–H and O–H groups in total. The molecule has 0 aliphatic heterocycles. The molecule has 0 radical (unpaired) electrons. The van der Waals surface area contributed by atoms with Crippen LogP contribution >= 0.6 is 0 Å². The maximum absolute atomic E-state index is 12.6. The third-order valence-corrected chi connectivity index (χ3v) is 4.94. The smallest absolute Gasteiger partial charge is 0.251 e. The Hall–Kier alpha value is -4.52. The van der Waals surface area contributed by atoms with Crippen LogP contribution in [0, 0.1) is 0 Å². The Bertz CT molecular complexity index is 1370. The van der Waals surface area contributed by atoms with Crippen molar-refractivity contribution in [2.24, 2.45) is 0 Å². The normalized spacial score (nSPS) is 10.8. The summed E-state index contributed by atoms with van der Waals surface area (Å²) in [5.41, 5.74) is 3.07. The summed E-state index contributed by atoms with van der Waals surface area (Å²) in [4.78, 5) is 21.2. The van der Waals surface area contributed by atoms with Crippen LogP contribution in [0.5, 0.6) is 11.6 Å². The molecule has 1 amide bonds. The second-order valence-electron chi connectivity index (χ2n) is 7.11. The summed E-state index contributed by atoms with van der Waals surface area (Å²) in [6.45, 7) is 0.454. The number of hydrogen-bond donors (Lipinski definition) is 1. The molecule has 156 valence electrons. The van der Waals surface area contributed by atoms with Crippen molar-refractivity contribution >= 4 is 16.9 Å². The molecule has 5 rings (SSSR count). The lowest BCUT2D eigenvalue weighted by Gasteiger charge is -2.09. The fraction of sp³-hybridized carbons (Fsp3) is 0.0400. The predicted octanol–water partition coefficient (Wildman–Crippen LogP) is 4.54. The van der Waals surface area contributed by atoms with Crippen LogP contribution in [-0.4, -0.2) is 25.7 Å². The standard InChI is InChI=1S/C25H19N5O2/c31-24(26-15-18-8-3-1-4-9-18)19-10-7-13-21(14-19)32-25-22-16-29-30(23(22)27-17-28-25)20-11-5-2-6-12-20/h1-14,16-17H,15H2,(H,26,31). The number of ether oxygens (including phenoxy) is 1. The molecule has 5 aromatic rings. The fourth-order valence-corrected chi connectivity index (χ4v) is 3.35. The Morgan fingerprint density at radius 2 is 1.69 bits per heavy atom. The van der Waals surface area contributed by atoms with E-state index in [2.05, 4.69) is 20.4 Å². The first kappa shape index (κ1) is 19.4. The van der Waals surface area contributed by atoms with Crippen molar-refractivity contribution in [3.8, 4) is 17.3 Å². The molecule has 32 heavy (non-hydrogen) atoms. The van der Waals surface area contributed by atoms with Gasteiger partial charge < -0.3 is 10.1 Å². The van der Waals surface area contributed by atoms with E-state index in [1.54, 1.807) is 35.1 Å². The maximum Gasteiger partial charge on any atom is 0.251 e. The molecule has 7 nitrogen and oxygen atoms in total. The van der Waals surface area contributed by atoms with Gasteiger partial charge in [0.25, 0.3) is 5.91 Å². The van der Waals surface area contributed by atoms with E-state index in [1.807, 2.05) is 60.7 Å². The van der Waals surface area contributed by atoms with Gasteiger partial charge in [-0.2, -0.15) is 5.10 Å². The molecule has 0 saturated carbocycles. The quantitative estimate of drug-likeness (QED) is 0.435. The van der Waals surface area contributed by atoms with Crippen molar-refractivity contribution in [3.05, 3.63) is 109 Å². The molecule has 0 atom stereocenters. The van der Waals surface area contributed by atoms with Crippen LogP contribution < -0.4 is 10.1 Å². The van der Waals surface area contributed by atoms with Gasteiger partial charge in [-0.15, -0.1) is 0 Å². The van der Waals surface area contributed by atoms with Crippen LogP contribution in [-0.2, 0) is 6.54 Å². The lowest BCUT2D eigenvalue weighted by molar-refractivity contribution is 0.0950. The average Bonchev–Trinajstić information content (AvgIpc) is 3.29. The van der Waals surface area contributed by atoms with E-state index in [9.17, 15) is 4.79 Å². The molecule has 0 unspecified atom stereocenters. The first-order chi connectivity index (χ1) is 15.8. The van der Waals surface area contributed by atoms with Gasteiger partial charge in [0.15, 0.2) is 5.65 Å². The molecule has 0 aliphatic rings. The fourth-order valence-electron chi connectivity index (χ4n) is 3.35. The summed E-state index contributed by atoms with van der Waals surface area (Å²) in [6.07, 6.45) is 3.11. The first-order valence-corrected chi connectivity index (χ1v) is 10.1. The van der Waals surface area contributed by atoms with Crippen LogP contribution in [0.25, 0.3) is 16.7 Å². The van der Waals surface area contributed by atoms with Crippen molar-refractivity contribution in [1.29, 1.82) is 0 Å². The van der Waals surface area contributed by atoms with E-state index in [0.717, 1.165) is 11.3 Å². The number of para-hydroxylation sites is 1. The molecule has 0 saturated heterocycles. The number of carbonyl (C=O) groups is 1. The van der Waals surface area contributed by atoms with E-state index in [-0.39, 0.29) is 5.91 Å². The van der Waals surface area contributed by atoms with Crippen molar-refractivity contribution in [2.45, 2.75) is 6.54 Å². The van der Waals surface area contributed by atoms with E-state index in [1.165, 1.54) is 6.33 Å². The van der Waals surface area contributed by atoms with E-state index < -0.39 is 0 Å². The molecule has 7 heteroatoms. The van der Waals surface area contributed by atoms with Crippen LogP contribution in [0.3, 0.4) is 0 Å². The van der Waals surface area contributed by atoms with Gasteiger partial charge in [-0.1, -0.05) is 54.6 Å². The molecule has 2 heterocycles. The number of amides is 1. The average molecular weight is 421 g/mol. The number of rotatable bonds is 6. The van der Waals surface area contributed by atoms with Crippen LogP contribution in [0.4, 0.5) is 0 Å². The minimum atomic E-state index is -0.177. The predicted molar refractivity (Wildman–Crippen MR) is 121 cm³/mol. The summed E-state index contributed by atoms with van der Waals surface area (Å²) < 4.78 is 7.74. The number of benzene rings is 3. The topological polar surface area (TPSA) is 81.9 Å². The van der Waals surface area contributed by atoms with Crippen LogP contribution in [0.2, 0.25) is 0 Å². The minimum absolute atomic E-state index is 0.177. The SMILES string of the molecule is O=C(NCc1ccccc1)c1cccc(Oc2ncnc3c2cnn3-c2ccccc2)c1. The Morgan fingerprint density at radius 3 is 2.50 bits per heavy atom. The number of fused-ring (bicyclic) bond motifs is 1. The Balaban J connectivity index is 1.37. The maximum atomic E-state index is 12.6. The Labute approximate surface area is 184 Å². The Kier molecular flexibility index (Phi) is 5.28. The van der Waals surface area contributed by atoms with Crippen molar-refractivity contribution in [1.82, 2.24) is 25.1 Å². The lowest BCUT2D eigenvalue weighted by atomic mass is 10.2. The summed E-state index contributed by atoms with van der Waals surface area (Å²) in [5, 5.41) is 8.04. The number of carbonyl (C=O) groups excluding carboxylic acids is 1. The van der Waals surface area contributed by atoms with E-state index >= 15 is 0 Å². The molecular formula is C25H19N5O2. The van der Waals surface area contributed by atoms with Gasteiger partial charge in [0.05, 0.1) is 11.9 Å². The van der Waals surface area contributed by atoms with Gasteiger partial charge in [0, 0.05) is 12.1 Å². The zero-order valence-electron chi connectivity index (χ0n) is 17.1. The molecule has 2 aromatic heterocycles. The van der Waals surface area contributed by atoms with Gasteiger partial charge in [-0.3, -0.25) is 4.79 Å². The van der Waals surface area contributed by atoms with E-state index in [4.69, 9.17) is 4.74 Å². The summed E-state index contributed by atoms with van der Waals surface area (Å²) >= 11 is 0.